The molecule has 0 aliphatic heterocycles. The maximum atomic E-state index is 12.8. The molecule has 6 heteroatoms. The first-order chi connectivity index (χ1) is 9.10. The van der Waals surface area contributed by atoms with Crippen LogP contribution in [0.2, 0.25) is 0 Å². The molecular weight excluding hydrogens is 329 g/mol. The largest absolute Gasteiger partial charge is 0.372 e. The van der Waals surface area contributed by atoms with E-state index in [1.165, 1.54) is 12.1 Å². The monoisotopic (exact) mass is 341 g/mol. The Morgan fingerprint density at radius 3 is 2.58 bits per heavy atom. The van der Waals surface area contributed by atoms with Gasteiger partial charge in [0.05, 0.1) is 15.9 Å². The van der Waals surface area contributed by atoms with Crippen molar-refractivity contribution in [2.24, 2.45) is 0 Å². The van der Waals surface area contributed by atoms with Crippen LogP contribution in [0.1, 0.15) is 11.5 Å². The van der Waals surface area contributed by atoms with Crippen molar-refractivity contribution in [2.75, 3.05) is 12.4 Å². The number of hydrogen-bond acceptors (Lipinski definition) is 4. The fourth-order valence-corrected chi connectivity index (χ4v) is 2.66. The van der Waals surface area contributed by atoms with Crippen LogP contribution < -0.4 is 5.32 Å². The molecule has 0 atom stereocenters. The molecule has 3 nitrogen and oxygen atoms in total. The van der Waals surface area contributed by atoms with Crippen LogP contribution in [0.25, 0.3) is 0 Å². The predicted octanol–water partition coefficient (Wildman–Crippen LogP) is 4.02. The summed E-state index contributed by atoms with van der Waals surface area (Å²) in [6, 6.07) is 6.42. The fourth-order valence-electron chi connectivity index (χ4n) is 1.53. The van der Waals surface area contributed by atoms with E-state index in [0.29, 0.717) is 5.75 Å². The van der Waals surface area contributed by atoms with E-state index in [2.05, 4.69) is 31.2 Å². The number of rotatable bonds is 4. The molecule has 0 spiro atoms. The zero-order valence-corrected chi connectivity index (χ0v) is 13.0. The molecule has 1 N–H and O–H groups in total. The molecule has 19 heavy (non-hydrogen) atoms. The second kappa shape index (κ2) is 6.34. The number of benzene rings is 1. The zero-order chi connectivity index (χ0) is 13.8. The molecule has 2 aromatic rings. The molecule has 0 saturated heterocycles. The van der Waals surface area contributed by atoms with E-state index in [4.69, 9.17) is 0 Å². The Kier molecular flexibility index (Phi) is 4.76. The van der Waals surface area contributed by atoms with Gasteiger partial charge in [-0.3, -0.25) is 0 Å². The second-order valence-electron chi connectivity index (χ2n) is 3.88. The van der Waals surface area contributed by atoms with Crippen molar-refractivity contribution in [1.29, 1.82) is 0 Å². The van der Waals surface area contributed by atoms with E-state index in [0.717, 1.165) is 26.7 Å². The van der Waals surface area contributed by atoms with E-state index in [1.54, 1.807) is 23.9 Å². The Hall–Kier alpha value is -1.14. The highest BCUT2D eigenvalue weighted by Gasteiger charge is 2.08. The predicted molar refractivity (Wildman–Crippen MR) is 80.0 cm³/mol. The summed E-state index contributed by atoms with van der Waals surface area (Å²) in [6.45, 7) is 1.93. The van der Waals surface area contributed by atoms with Crippen LogP contribution in [0, 0.1) is 12.7 Å². The lowest BCUT2D eigenvalue weighted by Gasteiger charge is -2.08. The van der Waals surface area contributed by atoms with Gasteiger partial charge in [-0.05, 0) is 47.1 Å². The number of nitrogens with zero attached hydrogens (tertiary/aromatic N) is 2. The summed E-state index contributed by atoms with van der Waals surface area (Å²) in [7, 11) is 1.82. The van der Waals surface area contributed by atoms with Gasteiger partial charge >= 0.3 is 0 Å². The van der Waals surface area contributed by atoms with Crippen molar-refractivity contribution in [3.8, 4) is 0 Å². The summed E-state index contributed by atoms with van der Waals surface area (Å²) in [5.74, 6) is 1.95. The van der Waals surface area contributed by atoms with Crippen LogP contribution in [0.5, 0.6) is 0 Å². The molecule has 100 valence electrons. The van der Waals surface area contributed by atoms with Gasteiger partial charge in [-0.15, -0.1) is 11.8 Å². The highest BCUT2D eigenvalue weighted by molar-refractivity contribution is 9.10. The first-order valence-corrected chi connectivity index (χ1v) is 7.47. The molecule has 1 heterocycles. The summed E-state index contributed by atoms with van der Waals surface area (Å²) in [5, 5.41) is 3.03. The Labute approximate surface area is 124 Å². The van der Waals surface area contributed by atoms with Crippen molar-refractivity contribution >= 4 is 33.5 Å². The smallest absolute Gasteiger partial charge is 0.144 e. The molecule has 0 fully saturated rings. The molecule has 0 saturated carbocycles. The molecule has 0 amide bonds. The second-order valence-corrected chi connectivity index (χ2v) is 5.72. The SMILES string of the molecule is CNc1nc(CSc2ccc(F)cc2)nc(C)c1Br. The summed E-state index contributed by atoms with van der Waals surface area (Å²) in [6.07, 6.45) is 0. The Bertz CT molecular complexity index is 575. The lowest BCUT2D eigenvalue weighted by atomic mass is 10.4. The van der Waals surface area contributed by atoms with Gasteiger partial charge in [-0.2, -0.15) is 0 Å². The molecule has 0 aliphatic carbocycles. The maximum absolute atomic E-state index is 12.8. The van der Waals surface area contributed by atoms with Gasteiger partial charge < -0.3 is 5.32 Å². The molecular formula is C13H13BrFN3S. The van der Waals surface area contributed by atoms with Crippen molar-refractivity contribution in [3.05, 3.63) is 46.1 Å². The van der Waals surface area contributed by atoms with Gasteiger partial charge in [0.1, 0.15) is 17.5 Å². The van der Waals surface area contributed by atoms with Crippen LogP contribution in [-0.2, 0) is 5.75 Å². The van der Waals surface area contributed by atoms with Crippen LogP contribution in [-0.4, -0.2) is 17.0 Å². The highest BCUT2D eigenvalue weighted by Crippen LogP contribution is 2.26. The van der Waals surface area contributed by atoms with Gasteiger partial charge in [-0.1, -0.05) is 0 Å². The molecule has 1 aromatic carbocycles. The lowest BCUT2D eigenvalue weighted by molar-refractivity contribution is 0.626. The van der Waals surface area contributed by atoms with E-state index in [-0.39, 0.29) is 5.82 Å². The number of hydrogen-bond donors (Lipinski definition) is 1. The van der Waals surface area contributed by atoms with E-state index >= 15 is 0 Å². The van der Waals surface area contributed by atoms with E-state index in [9.17, 15) is 4.39 Å². The normalized spacial score (nSPS) is 10.5. The number of halogens is 2. The topological polar surface area (TPSA) is 37.8 Å². The van der Waals surface area contributed by atoms with Gasteiger partial charge in [-0.25, -0.2) is 14.4 Å². The van der Waals surface area contributed by atoms with Crippen molar-refractivity contribution in [1.82, 2.24) is 9.97 Å². The minimum Gasteiger partial charge on any atom is -0.372 e. The van der Waals surface area contributed by atoms with Gasteiger partial charge in [0.15, 0.2) is 0 Å². The first-order valence-electron chi connectivity index (χ1n) is 5.69. The van der Waals surface area contributed by atoms with E-state index < -0.39 is 0 Å². The highest BCUT2D eigenvalue weighted by atomic mass is 79.9. The van der Waals surface area contributed by atoms with Crippen LogP contribution in [0.15, 0.2) is 33.6 Å². The Balaban J connectivity index is 2.11. The van der Waals surface area contributed by atoms with Crippen LogP contribution >= 0.6 is 27.7 Å². The van der Waals surface area contributed by atoms with E-state index in [1.807, 2.05) is 14.0 Å². The fraction of sp³-hybridized carbons (Fsp3) is 0.231. The third kappa shape index (κ3) is 3.67. The summed E-state index contributed by atoms with van der Waals surface area (Å²) >= 11 is 5.02. The molecule has 2 rings (SSSR count). The minimum atomic E-state index is -0.224. The first kappa shape index (κ1) is 14.3. The zero-order valence-electron chi connectivity index (χ0n) is 10.6. The third-order valence-corrected chi connectivity index (χ3v) is 4.44. The summed E-state index contributed by atoms with van der Waals surface area (Å²) < 4.78 is 13.7. The quantitative estimate of drug-likeness (QED) is 0.852. The maximum Gasteiger partial charge on any atom is 0.144 e. The number of aryl methyl sites for hydroxylation is 1. The number of thioether (sulfide) groups is 1. The Morgan fingerprint density at radius 1 is 1.26 bits per heavy atom. The number of aromatic nitrogens is 2. The average molecular weight is 342 g/mol. The average Bonchev–Trinajstić information content (AvgIpc) is 2.41. The van der Waals surface area contributed by atoms with Crippen molar-refractivity contribution in [2.45, 2.75) is 17.6 Å². The molecule has 0 radical (unpaired) electrons. The summed E-state index contributed by atoms with van der Waals surface area (Å²) in [4.78, 5) is 9.84. The molecule has 0 bridgehead atoms. The molecule has 1 aromatic heterocycles. The van der Waals surface area contributed by atoms with Crippen molar-refractivity contribution in [3.63, 3.8) is 0 Å². The molecule has 0 unspecified atom stereocenters. The third-order valence-electron chi connectivity index (χ3n) is 2.48. The lowest BCUT2D eigenvalue weighted by Crippen LogP contribution is -2.02. The summed E-state index contributed by atoms with van der Waals surface area (Å²) in [5.41, 5.74) is 0.897. The number of anilines is 1. The minimum absolute atomic E-state index is 0.224. The van der Waals surface area contributed by atoms with Gasteiger partial charge in [0.25, 0.3) is 0 Å². The van der Waals surface area contributed by atoms with Crippen LogP contribution in [0.3, 0.4) is 0 Å². The standard InChI is InChI=1S/C13H13BrFN3S/c1-8-12(14)13(16-2)18-11(17-8)7-19-10-5-3-9(15)4-6-10/h3-6H,7H2,1-2H3,(H,16,17,18). The van der Waals surface area contributed by atoms with Crippen LogP contribution in [0.4, 0.5) is 10.2 Å². The van der Waals surface area contributed by atoms with Crippen molar-refractivity contribution < 1.29 is 4.39 Å². The van der Waals surface area contributed by atoms with Gasteiger partial charge in [0, 0.05) is 11.9 Å². The Morgan fingerprint density at radius 2 is 1.95 bits per heavy atom. The van der Waals surface area contributed by atoms with Gasteiger partial charge in [0.2, 0.25) is 0 Å². The number of nitrogens with one attached hydrogen (secondary N) is 1. The molecule has 0 aliphatic rings.